The first-order valence-corrected chi connectivity index (χ1v) is 14.3. The third-order valence-electron chi connectivity index (χ3n) is 9.04. The summed E-state index contributed by atoms with van der Waals surface area (Å²) in [6, 6.07) is 15.3. The summed E-state index contributed by atoms with van der Waals surface area (Å²) in [7, 11) is 0. The molecule has 3 fully saturated rings. The van der Waals surface area contributed by atoms with Gasteiger partial charge in [0.15, 0.2) is 0 Å². The Morgan fingerprint density at radius 1 is 1.10 bits per heavy atom. The van der Waals surface area contributed by atoms with E-state index in [4.69, 9.17) is 4.74 Å². The highest BCUT2D eigenvalue weighted by molar-refractivity contribution is 5.99. The SMILES string of the molecule is CCCNC(=O)[C@@H]1[C@H]2C(=O)N([C@@H](CO)Cc3ccccc3)C(C(=O)NCn3nnc4ccccc43)C23CC[C@@]1(C)O3. The predicted molar refractivity (Wildman–Crippen MR) is 149 cm³/mol. The molecule has 2 unspecified atom stereocenters. The van der Waals surface area contributed by atoms with E-state index < -0.39 is 41.0 Å². The minimum Gasteiger partial charge on any atom is -0.394 e. The lowest BCUT2D eigenvalue weighted by Gasteiger charge is -2.37. The molecule has 1 aromatic heterocycles. The van der Waals surface area contributed by atoms with Gasteiger partial charge in [-0.05, 0) is 50.3 Å². The van der Waals surface area contributed by atoms with E-state index in [0.29, 0.717) is 31.3 Å². The third kappa shape index (κ3) is 4.38. The van der Waals surface area contributed by atoms with Gasteiger partial charge in [-0.2, -0.15) is 0 Å². The Labute approximate surface area is 238 Å². The maximum Gasteiger partial charge on any atom is 0.247 e. The van der Waals surface area contributed by atoms with Crippen LogP contribution in [0.15, 0.2) is 54.6 Å². The van der Waals surface area contributed by atoms with E-state index in [0.717, 1.165) is 17.5 Å². The fourth-order valence-corrected chi connectivity index (χ4v) is 7.24. The molecule has 6 rings (SSSR count). The molecule has 41 heavy (non-hydrogen) atoms. The standard InChI is InChI=1S/C30H36N6O5/c1-3-15-31-26(38)23-24-28(40)36(20(17-37)16-19-9-5-4-6-10-19)25(30(24)14-13-29(23,2)41-30)27(39)32-18-35-22-12-8-7-11-21(22)33-34-35/h4-12,20,23-25,37H,3,13-18H2,1-2H3,(H,31,38)(H,32,39)/t20-,23+,24+,25?,29-,30?/m1/s1. The van der Waals surface area contributed by atoms with Crippen LogP contribution in [0.4, 0.5) is 0 Å². The number of nitrogens with one attached hydrogen (secondary N) is 2. The Morgan fingerprint density at radius 3 is 2.61 bits per heavy atom. The van der Waals surface area contributed by atoms with Crippen molar-refractivity contribution in [2.24, 2.45) is 11.8 Å². The molecule has 216 valence electrons. The summed E-state index contributed by atoms with van der Waals surface area (Å²) in [5.41, 5.74) is 0.348. The summed E-state index contributed by atoms with van der Waals surface area (Å²) >= 11 is 0. The van der Waals surface area contributed by atoms with E-state index in [1.807, 2.05) is 68.4 Å². The molecule has 0 saturated carbocycles. The number of hydrogen-bond acceptors (Lipinski definition) is 7. The number of nitrogens with zero attached hydrogens (tertiary/aromatic N) is 4. The van der Waals surface area contributed by atoms with Crippen LogP contribution < -0.4 is 10.6 Å². The van der Waals surface area contributed by atoms with Gasteiger partial charge >= 0.3 is 0 Å². The zero-order chi connectivity index (χ0) is 28.8. The van der Waals surface area contributed by atoms with Gasteiger partial charge in [0.05, 0.1) is 35.6 Å². The molecule has 3 aliphatic rings. The van der Waals surface area contributed by atoms with Gasteiger partial charge in [-0.15, -0.1) is 5.10 Å². The van der Waals surface area contributed by atoms with E-state index in [1.165, 1.54) is 4.90 Å². The molecule has 11 heteroatoms. The third-order valence-corrected chi connectivity index (χ3v) is 9.04. The van der Waals surface area contributed by atoms with Crippen LogP contribution in [0.3, 0.4) is 0 Å². The first kappa shape index (κ1) is 27.3. The second-order valence-corrected chi connectivity index (χ2v) is 11.6. The topological polar surface area (TPSA) is 139 Å². The first-order chi connectivity index (χ1) is 19.8. The van der Waals surface area contributed by atoms with E-state index in [9.17, 15) is 19.5 Å². The second-order valence-electron chi connectivity index (χ2n) is 11.6. The number of ether oxygens (including phenoxy) is 1. The molecule has 3 saturated heterocycles. The Hall–Kier alpha value is -3.83. The molecule has 0 aliphatic carbocycles. The second kappa shape index (κ2) is 10.5. The lowest BCUT2D eigenvalue weighted by atomic mass is 9.66. The molecular weight excluding hydrogens is 524 g/mol. The van der Waals surface area contributed by atoms with Gasteiger partial charge < -0.3 is 25.4 Å². The van der Waals surface area contributed by atoms with Crippen molar-refractivity contribution >= 4 is 28.8 Å². The van der Waals surface area contributed by atoms with Crippen molar-refractivity contribution in [2.75, 3.05) is 13.2 Å². The van der Waals surface area contributed by atoms with E-state index >= 15 is 0 Å². The summed E-state index contributed by atoms with van der Waals surface area (Å²) in [4.78, 5) is 43.5. The smallest absolute Gasteiger partial charge is 0.247 e. The van der Waals surface area contributed by atoms with Crippen LogP contribution in [0.1, 0.15) is 38.7 Å². The Balaban J connectivity index is 1.36. The molecule has 3 N–H and O–H groups in total. The van der Waals surface area contributed by atoms with Gasteiger partial charge in [-0.3, -0.25) is 14.4 Å². The first-order valence-electron chi connectivity index (χ1n) is 14.3. The largest absolute Gasteiger partial charge is 0.394 e. The quantitative estimate of drug-likeness (QED) is 0.341. The summed E-state index contributed by atoms with van der Waals surface area (Å²) in [6.45, 7) is 4.03. The molecule has 3 amide bonds. The molecule has 3 aromatic rings. The van der Waals surface area contributed by atoms with Crippen molar-refractivity contribution in [1.82, 2.24) is 30.5 Å². The minimum atomic E-state index is -1.18. The molecular formula is C30H36N6O5. The summed E-state index contributed by atoms with van der Waals surface area (Å²) in [6.07, 6.45) is 2.13. The predicted octanol–water partition coefficient (Wildman–Crippen LogP) is 1.40. The van der Waals surface area contributed by atoms with Crippen LogP contribution in [0.5, 0.6) is 0 Å². The normalized spacial score (nSPS) is 29.1. The number of fused-ring (bicyclic) bond motifs is 2. The fraction of sp³-hybridized carbons (Fsp3) is 0.500. The zero-order valence-corrected chi connectivity index (χ0v) is 23.3. The number of aliphatic hydroxyl groups is 1. The number of aliphatic hydroxyl groups excluding tert-OH is 1. The zero-order valence-electron chi connectivity index (χ0n) is 23.3. The summed E-state index contributed by atoms with van der Waals surface area (Å²) < 4.78 is 8.26. The van der Waals surface area contributed by atoms with Gasteiger partial charge in [-0.1, -0.05) is 54.6 Å². The number of amides is 3. The van der Waals surface area contributed by atoms with Crippen molar-refractivity contribution in [2.45, 2.75) is 69.5 Å². The van der Waals surface area contributed by atoms with Crippen molar-refractivity contribution in [1.29, 1.82) is 0 Å². The Morgan fingerprint density at radius 2 is 1.85 bits per heavy atom. The number of aromatic nitrogens is 3. The lowest BCUT2D eigenvalue weighted by Crippen LogP contribution is -2.58. The molecule has 4 heterocycles. The Kier molecular flexibility index (Phi) is 7.03. The number of para-hydroxylation sites is 1. The number of hydrogen-bond donors (Lipinski definition) is 3. The maximum atomic E-state index is 14.4. The van der Waals surface area contributed by atoms with E-state index in [1.54, 1.807) is 4.68 Å². The summed E-state index contributed by atoms with van der Waals surface area (Å²) in [5, 5.41) is 24.8. The molecule has 2 bridgehead atoms. The van der Waals surface area contributed by atoms with Crippen LogP contribution in [-0.2, 0) is 32.2 Å². The van der Waals surface area contributed by atoms with E-state index in [2.05, 4.69) is 20.9 Å². The molecule has 6 atom stereocenters. The number of benzene rings is 2. The van der Waals surface area contributed by atoms with Gasteiger partial charge in [0.25, 0.3) is 0 Å². The lowest BCUT2D eigenvalue weighted by molar-refractivity contribution is -0.149. The van der Waals surface area contributed by atoms with Crippen molar-refractivity contribution < 1.29 is 24.2 Å². The van der Waals surface area contributed by atoms with Gasteiger partial charge in [0.2, 0.25) is 17.7 Å². The van der Waals surface area contributed by atoms with Crippen molar-refractivity contribution in [3.8, 4) is 0 Å². The van der Waals surface area contributed by atoms with Gasteiger partial charge in [0.1, 0.15) is 23.8 Å². The number of carbonyl (C=O) groups is 3. The van der Waals surface area contributed by atoms with Crippen LogP contribution >= 0.6 is 0 Å². The monoisotopic (exact) mass is 560 g/mol. The van der Waals surface area contributed by atoms with E-state index in [-0.39, 0.29) is 25.1 Å². The average molecular weight is 561 g/mol. The Bertz CT molecular complexity index is 1460. The number of carbonyl (C=O) groups excluding carboxylic acids is 3. The highest BCUT2D eigenvalue weighted by Crippen LogP contribution is 2.63. The van der Waals surface area contributed by atoms with Crippen LogP contribution in [-0.4, -0.2) is 79.2 Å². The highest BCUT2D eigenvalue weighted by Gasteiger charge is 2.78. The van der Waals surface area contributed by atoms with Crippen molar-refractivity contribution in [3.63, 3.8) is 0 Å². The molecule has 1 spiro atoms. The average Bonchev–Trinajstić information content (AvgIpc) is 3.69. The molecule has 2 aromatic carbocycles. The van der Waals surface area contributed by atoms with Crippen LogP contribution in [0, 0.1) is 11.8 Å². The highest BCUT2D eigenvalue weighted by atomic mass is 16.5. The van der Waals surface area contributed by atoms with Crippen molar-refractivity contribution in [3.05, 3.63) is 60.2 Å². The van der Waals surface area contributed by atoms with Gasteiger partial charge in [-0.25, -0.2) is 4.68 Å². The van der Waals surface area contributed by atoms with Crippen LogP contribution in [0.25, 0.3) is 11.0 Å². The fourth-order valence-electron chi connectivity index (χ4n) is 7.24. The van der Waals surface area contributed by atoms with Gasteiger partial charge in [0, 0.05) is 6.54 Å². The molecule has 0 radical (unpaired) electrons. The van der Waals surface area contributed by atoms with Crippen LogP contribution in [0.2, 0.25) is 0 Å². The number of likely N-dealkylation sites (tertiary alicyclic amines) is 1. The maximum absolute atomic E-state index is 14.4. The number of rotatable bonds is 10. The molecule has 11 nitrogen and oxygen atoms in total. The molecule has 3 aliphatic heterocycles. The minimum absolute atomic E-state index is 0.0405. The summed E-state index contributed by atoms with van der Waals surface area (Å²) in [5.74, 6) is -2.53.